The maximum Gasteiger partial charge on any atom is 0.255 e. The van der Waals surface area contributed by atoms with E-state index in [1.165, 1.54) is 11.4 Å². The van der Waals surface area contributed by atoms with Crippen LogP contribution in [-0.2, 0) is 10.0 Å². The Kier molecular flexibility index (Phi) is 7.00. The number of ether oxygens (including phenoxy) is 1. The molecule has 0 saturated carbocycles. The summed E-state index contributed by atoms with van der Waals surface area (Å²) in [6, 6.07) is 14.3. The van der Waals surface area contributed by atoms with E-state index in [0.29, 0.717) is 42.5 Å². The quantitative estimate of drug-likeness (QED) is 0.718. The maximum atomic E-state index is 12.6. The van der Waals surface area contributed by atoms with Crippen LogP contribution in [0.3, 0.4) is 0 Å². The van der Waals surface area contributed by atoms with Crippen molar-refractivity contribution in [1.82, 2.24) is 9.62 Å². The summed E-state index contributed by atoms with van der Waals surface area (Å²) in [6.45, 7) is 1.93. The molecule has 0 unspecified atom stereocenters. The van der Waals surface area contributed by atoms with Crippen molar-refractivity contribution in [2.45, 2.75) is 0 Å². The van der Waals surface area contributed by atoms with Gasteiger partial charge in [-0.15, -0.1) is 0 Å². The summed E-state index contributed by atoms with van der Waals surface area (Å²) in [4.78, 5) is 14.4. The predicted molar refractivity (Wildman–Crippen MR) is 114 cm³/mol. The van der Waals surface area contributed by atoms with Crippen LogP contribution in [0.4, 0.5) is 5.69 Å². The van der Waals surface area contributed by atoms with Gasteiger partial charge < -0.3 is 15.0 Å². The van der Waals surface area contributed by atoms with Crippen molar-refractivity contribution >= 4 is 33.2 Å². The Morgan fingerprint density at radius 2 is 1.72 bits per heavy atom. The van der Waals surface area contributed by atoms with E-state index >= 15 is 0 Å². The van der Waals surface area contributed by atoms with Crippen molar-refractivity contribution in [2.24, 2.45) is 0 Å². The van der Waals surface area contributed by atoms with Crippen LogP contribution in [0.25, 0.3) is 0 Å². The average molecular weight is 438 g/mol. The molecule has 0 spiro atoms. The predicted octanol–water partition coefficient (Wildman–Crippen LogP) is 2.23. The number of piperazine rings is 1. The van der Waals surface area contributed by atoms with Gasteiger partial charge in [-0.3, -0.25) is 4.79 Å². The molecule has 1 N–H and O–H groups in total. The second-order valence-electron chi connectivity index (χ2n) is 6.61. The van der Waals surface area contributed by atoms with Crippen LogP contribution in [0.1, 0.15) is 10.4 Å². The van der Waals surface area contributed by atoms with Gasteiger partial charge in [0.15, 0.2) is 0 Å². The van der Waals surface area contributed by atoms with E-state index in [1.807, 2.05) is 24.3 Å². The molecule has 0 bridgehead atoms. The highest BCUT2D eigenvalue weighted by Crippen LogP contribution is 2.26. The van der Waals surface area contributed by atoms with E-state index < -0.39 is 10.0 Å². The molecule has 29 heavy (non-hydrogen) atoms. The number of sulfonamides is 1. The van der Waals surface area contributed by atoms with Crippen molar-refractivity contribution in [2.75, 3.05) is 50.5 Å². The molecule has 3 rings (SSSR count). The number of nitrogens with zero attached hydrogens (tertiary/aromatic N) is 2. The highest BCUT2D eigenvalue weighted by atomic mass is 35.5. The third-order valence-corrected chi connectivity index (χ3v) is 7.01. The Hall–Kier alpha value is -2.29. The van der Waals surface area contributed by atoms with Crippen molar-refractivity contribution in [3.63, 3.8) is 0 Å². The molecule has 1 heterocycles. The average Bonchev–Trinajstić information content (AvgIpc) is 2.74. The number of nitrogens with one attached hydrogen (secondary N) is 1. The Balaban J connectivity index is 1.52. The number of hydrogen-bond donors (Lipinski definition) is 1. The summed E-state index contributed by atoms with van der Waals surface area (Å²) in [5.41, 5.74) is 1.29. The molecule has 9 heteroatoms. The summed E-state index contributed by atoms with van der Waals surface area (Å²) in [6.07, 6.45) is 0. The molecular weight excluding hydrogens is 414 g/mol. The van der Waals surface area contributed by atoms with Crippen LogP contribution in [0.2, 0.25) is 5.02 Å². The molecule has 1 saturated heterocycles. The van der Waals surface area contributed by atoms with E-state index in [1.54, 1.807) is 24.3 Å². The Labute approximate surface area is 176 Å². The van der Waals surface area contributed by atoms with Gasteiger partial charge in [-0.25, -0.2) is 8.42 Å². The molecule has 2 aromatic carbocycles. The molecule has 0 radical (unpaired) electrons. The van der Waals surface area contributed by atoms with Gasteiger partial charge in [-0.05, 0) is 24.3 Å². The maximum absolute atomic E-state index is 12.6. The number of para-hydroxylation sites is 2. The lowest BCUT2D eigenvalue weighted by atomic mass is 10.2. The zero-order chi connectivity index (χ0) is 20.9. The van der Waals surface area contributed by atoms with E-state index in [-0.39, 0.29) is 18.2 Å². The van der Waals surface area contributed by atoms with Crippen LogP contribution in [0.5, 0.6) is 5.75 Å². The third kappa shape index (κ3) is 5.20. The fraction of sp³-hybridized carbons (Fsp3) is 0.350. The summed E-state index contributed by atoms with van der Waals surface area (Å²) in [5, 5.41) is 3.31. The number of carbonyl (C=O) groups is 1. The number of hydrogen-bond acceptors (Lipinski definition) is 5. The second-order valence-corrected chi connectivity index (χ2v) is 9.11. The standard InChI is InChI=1S/C20H24ClN3O4S/c1-28-19-9-5-2-6-16(19)20(25)22-10-15-29(26,27)24-13-11-23(12-14-24)18-8-4-3-7-17(18)21/h2-9H,10-15H2,1H3,(H,22,25). The van der Waals surface area contributed by atoms with E-state index in [4.69, 9.17) is 16.3 Å². The van der Waals surface area contributed by atoms with Crippen LogP contribution in [0.15, 0.2) is 48.5 Å². The van der Waals surface area contributed by atoms with Gasteiger partial charge in [-0.2, -0.15) is 4.31 Å². The van der Waals surface area contributed by atoms with E-state index in [0.717, 1.165) is 5.69 Å². The molecule has 2 aromatic rings. The van der Waals surface area contributed by atoms with Gasteiger partial charge in [0.2, 0.25) is 10.0 Å². The van der Waals surface area contributed by atoms with Crippen LogP contribution in [0, 0.1) is 0 Å². The zero-order valence-corrected chi connectivity index (χ0v) is 17.7. The summed E-state index contributed by atoms with van der Waals surface area (Å²) in [5.74, 6) is -0.0651. The number of amides is 1. The lowest BCUT2D eigenvalue weighted by molar-refractivity contribution is 0.0953. The lowest BCUT2D eigenvalue weighted by Crippen LogP contribution is -2.50. The first kappa shape index (κ1) is 21.4. The lowest BCUT2D eigenvalue weighted by Gasteiger charge is -2.35. The largest absolute Gasteiger partial charge is 0.496 e. The zero-order valence-electron chi connectivity index (χ0n) is 16.2. The number of anilines is 1. The number of benzene rings is 2. The SMILES string of the molecule is COc1ccccc1C(=O)NCCS(=O)(=O)N1CCN(c2ccccc2Cl)CC1. The first-order valence-electron chi connectivity index (χ1n) is 9.31. The smallest absolute Gasteiger partial charge is 0.255 e. The first-order chi connectivity index (χ1) is 13.9. The molecular formula is C20H24ClN3O4S. The highest BCUT2D eigenvalue weighted by Gasteiger charge is 2.27. The molecule has 1 aliphatic heterocycles. The van der Waals surface area contributed by atoms with Gasteiger partial charge >= 0.3 is 0 Å². The van der Waals surface area contributed by atoms with Crippen molar-refractivity contribution in [3.05, 3.63) is 59.1 Å². The van der Waals surface area contributed by atoms with Crippen LogP contribution >= 0.6 is 11.6 Å². The minimum atomic E-state index is -3.46. The van der Waals surface area contributed by atoms with Crippen molar-refractivity contribution < 1.29 is 17.9 Å². The van der Waals surface area contributed by atoms with Crippen LogP contribution < -0.4 is 15.0 Å². The molecule has 0 aliphatic carbocycles. The topological polar surface area (TPSA) is 78.9 Å². The van der Waals surface area contributed by atoms with Crippen LogP contribution in [-0.4, -0.2) is 64.2 Å². The fourth-order valence-electron chi connectivity index (χ4n) is 3.27. The third-order valence-electron chi connectivity index (χ3n) is 4.82. The van der Waals surface area contributed by atoms with E-state index in [9.17, 15) is 13.2 Å². The van der Waals surface area contributed by atoms with Gasteiger partial charge in [-0.1, -0.05) is 35.9 Å². The van der Waals surface area contributed by atoms with Gasteiger partial charge in [0.25, 0.3) is 5.91 Å². The summed E-state index contributed by atoms with van der Waals surface area (Å²) >= 11 is 6.23. The van der Waals surface area contributed by atoms with Gasteiger partial charge in [0.05, 0.1) is 29.1 Å². The number of carbonyl (C=O) groups excluding carboxylic acids is 1. The molecule has 1 aliphatic rings. The molecule has 0 atom stereocenters. The minimum absolute atomic E-state index is 0.0317. The molecule has 156 valence electrons. The monoisotopic (exact) mass is 437 g/mol. The summed E-state index contributed by atoms with van der Waals surface area (Å²) < 4.78 is 31.9. The molecule has 0 aromatic heterocycles. The normalized spacial score (nSPS) is 15.2. The highest BCUT2D eigenvalue weighted by molar-refractivity contribution is 7.89. The number of methoxy groups -OCH3 is 1. The Bertz CT molecular complexity index is 960. The Morgan fingerprint density at radius 1 is 1.07 bits per heavy atom. The summed E-state index contributed by atoms with van der Waals surface area (Å²) in [7, 11) is -1.98. The number of halogens is 1. The minimum Gasteiger partial charge on any atom is -0.496 e. The van der Waals surface area contributed by atoms with Crippen molar-refractivity contribution in [1.29, 1.82) is 0 Å². The first-order valence-corrected chi connectivity index (χ1v) is 11.3. The second kappa shape index (κ2) is 9.47. The molecule has 1 amide bonds. The van der Waals surface area contributed by atoms with Crippen molar-refractivity contribution in [3.8, 4) is 5.75 Å². The van der Waals surface area contributed by atoms with Gasteiger partial charge in [0.1, 0.15) is 5.75 Å². The fourth-order valence-corrected chi connectivity index (χ4v) is 4.86. The Morgan fingerprint density at radius 3 is 2.41 bits per heavy atom. The molecule has 1 fully saturated rings. The molecule has 7 nitrogen and oxygen atoms in total. The number of rotatable bonds is 7. The van der Waals surface area contributed by atoms with E-state index in [2.05, 4.69) is 10.2 Å². The van der Waals surface area contributed by atoms with Gasteiger partial charge in [0, 0.05) is 32.7 Å².